The minimum absolute atomic E-state index is 0.0212. The zero-order chi connectivity index (χ0) is 20.5. The van der Waals surface area contributed by atoms with Crippen LogP contribution in [0.4, 0.5) is 10.1 Å². The highest BCUT2D eigenvalue weighted by Crippen LogP contribution is 2.33. The number of oxazole rings is 1. The molecule has 1 amide bonds. The molecule has 6 nitrogen and oxygen atoms in total. The molecule has 4 rings (SSSR count). The fourth-order valence-electron chi connectivity index (χ4n) is 2.95. The molecule has 4 aromatic rings. The van der Waals surface area contributed by atoms with E-state index in [0.717, 1.165) is 5.56 Å². The van der Waals surface area contributed by atoms with Gasteiger partial charge in [0.1, 0.15) is 34.8 Å². The molecule has 0 unspecified atom stereocenters. The van der Waals surface area contributed by atoms with Crippen LogP contribution in [0.25, 0.3) is 22.5 Å². The third kappa shape index (κ3) is 3.64. The summed E-state index contributed by atoms with van der Waals surface area (Å²) >= 11 is 6.12. The van der Waals surface area contributed by atoms with Crippen LogP contribution in [0, 0.1) is 19.7 Å². The van der Waals surface area contributed by atoms with Crippen LogP contribution in [-0.2, 0) is 0 Å². The van der Waals surface area contributed by atoms with Gasteiger partial charge in [-0.05, 0) is 31.2 Å². The summed E-state index contributed by atoms with van der Waals surface area (Å²) in [6, 6.07) is 11.3. The van der Waals surface area contributed by atoms with Gasteiger partial charge >= 0.3 is 0 Å². The fourth-order valence-corrected chi connectivity index (χ4v) is 3.20. The number of benzene rings is 2. The van der Waals surface area contributed by atoms with Crippen molar-refractivity contribution in [2.24, 2.45) is 0 Å². The van der Waals surface area contributed by atoms with Crippen molar-refractivity contribution < 1.29 is 18.1 Å². The fraction of sp³-hybridized carbons (Fsp3) is 0.0952. The number of anilines is 1. The molecule has 29 heavy (non-hydrogen) atoms. The van der Waals surface area contributed by atoms with E-state index in [9.17, 15) is 9.18 Å². The van der Waals surface area contributed by atoms with Gasteiger partial charge in [0, 0.05) is 18.2 Å². The van der Waals surface area contributed by atoms with Gasteiger partial charge in [0.2, 0.25) is 0 Å². The van der Waals surface area contributed by atoms with Crippen LogP contribution in [-0.4, -0.2) is 16.0 Å². The van der Waals surface area contributed by atoms with E-state index in [1.165, 1.54) is 18.2 Å². The number of nitrogens with one attached hydrogen (secondary N) is 1. The zero-order valence-corrected chi connectivity index (χ0v) is 16.2. The standard InChI is InChI=1S/C21H15ClFN3O3/c1-11-18(20(26-29-11)19-15(22)4-3-5-16(19)23)21(27)25-14-8-6-13(7-9-14)17-10-28-12(2)24-17/h3-10H,1-2H3,(H,25,27). The lowest BCUT2D eigenvalue weighted by Crippen LogP contribution is -2.13. The molecular weight excluding hydrogens is 397 g/mol. The number of carbonyl (C=O) groups is 1. The summed E-state index contributed by atoms with van der Waals surface area (Å²) in [5, 5.41) is 6.76. The van der Waals surface area contributed by atoms with Gasteiger partial charge in [0.05, 0.1) is 10.6 Å². The first-order valence-electron chi connectivity index (χ1n) is 8.68. The number of hydrogen-bond donors (Lipinski definition) is 1. The average Bonchev–Trinajstić information content (AvgIpc) is 3.28. The summed E-state index contributed by atoms with van der Waals surface area (Å²) < 4.78 is 24.7. The second-order valence-electron chi connectivity index (χ2n) is 6.34. The molecule has 0 aliphatic carbocycles. The molecular formula is C21H15ClFN3O3. The van der Waals surface area contributed by atoms with Gasteiger partial charge in [0.25, 0.3) is 5.91 Å². The maximum Gasteiger partial charge on any atom is 0.261 e. The van der Waals surface area contributed by atoms with Gasteiger partial charge in [-0.15, -0.1) is 0 Å². The Morgan fingerprint density at radius 3 is 2.55 bits per heavy atom. The van der Waals surface area contributed by atoms with E-state index in [4.69, 9.17) is 20.5 Å². The summed E-state index contributed by atoms with van der Waals surface area (Å²) in [6.07, 6.45) is 1.56. The summed E-state index contributed by atoms with van der Waals surface area (Å²) in [5.41, 5.74) is 2.29. The second kappa shape index (κ2) is 7.52. The maximum absolute atomic E-state index is 14.3. The van der Waals surface area contributed by atoms with E-state index in [-0.39, 0.29) is 27.6 Å². The molecule has 0 radical (unpaired) electrons. The predicted octanol–water partition coefficient (Wildman–Crippen LogP) is 5.66. The van der Waals surface area contributed by atoms with Crippen LogP contribution in [0.3, 0.4) is 0 Å². The quantitative estimate of drug-likeness (QED) is 0.468. The van der Waals surface area contributed by atoms with E-state index in [2.05, 4.69) is 15.5 Å². The van der Waals surface area contributed by atoms with Crippen molar-refractivity contribution in [3.05, 3.63) is 76.8 Å². The molecule has 1 N–H and O–H groups in total. The Morgan fingerprint density at radius 2 is 1.90 bits per heavy atom. The van der Waals surface area contributed by atoms with Gasteiger partial charge in [-0.2, -0.15) is 0 Å². The smallest absolute Gasteiger partial charge is 0.261 e. The molecule has 2 aromatic carbocycles. The summed E-state index contributed by atoms with van der Waals surface area (Å²) in [6.45, 7) is 3.34. The van der Waals surface area contributed by atoms with Crippen LogP contribution in [0.15, 0.2) is 57.7 Å². The lowest BCUT2D eigenvalue weighted by molar-refractivity contribution is 0.102. The van der Waals surface area contributed by atoms with Crippen molar-refractivity contribution in [2.75, 3.05) is 5.32 Å². The van der Waals surface area contributed by atoms with Crippen molar-refractivity contribution >= 4 is 23.2 Å². The Balaban J connectivity index is 1.62. The molecule has 8 heteroatoms. The van der Waals surface area contributed by atoms with Crippen molar-refractivity contribution in [3.63, 3.8) is 0 Å². The predicted molar refractivity (Wildman–Crippen MR) is 106 cm³/mol. The SMILES string of the molecule is Cc1nc(-c2ccc(NC(=O)c3c(-c4c(F)cccc4Cl)noc3C)cc2)co1. The van der Waals surface area contributed by atoms with Crippen molar-refractivity contribution in [1.29, 1.82) is 0 Å². The number of hydrogen-bond acceptors (Lipinski definition) is 5. The Morgan fingerprint density at radius 1 is 1.14 bits per heavy atom. The summed E-state index contributed by atoms with van der Waals surface area (Å²) in [4.78, 5) is 17.1. The monoisotopic (exact) mass is 411 g/mol. The molecule has 0 spiro atoms. The molecule has 0 saturated carbocycles. The zero-order valence-electron chi connectivity index (χ0n) is 15.5. The molecule has 2 heterocycles. The molecule has 0 bridgehead atoms. The first-order chi connectivity index (χ1) is 13.9. The molecule has 146 valence electrons. The van der Waals surface area contributed by atoms with E-state index in [1.54, 1.807) is 32.2 Å². The first-order valence-corrected chi connectivity index (χ1v) is 9.06. The maximum atomic E-state index is 14.3. The summed E-state index contributed by atoms with van der Waals surface area (Å²) in [5.74, 6) is -0.249. The molecule has 0 atom stereocenters. The number of rotatable bonds is 4. The van der Waals surface area contributed by atoms with E-state index in [1.807, 2.05) is 12.1 Å². The van der Waals surface area contributed by atoms with Gasteiger partial charge in [-0.1, -0.05) is 35.0 Å². The third-order valence-corrected chi connectivity index (χ3v) is 4.66. The van der Waals surface area contributed by atoms with E-state index < -0.39 is 11.7 Å². The molecule has 0 aliphatic rings. The minimum atomic E-state index is -0.591. The normalized spacial score (nSPS) is 10.9. The topological polar surface area (TPSA) is 81.2 Å². The van der Waals surface area contributed by atoms with Crippen LogP contribution in [0.1, 0.15) is 22.0 Å². The van der Waals surface area contributed by atoms with Crippen LogP contribution >= 0.6 is 11.6 Å². The largest absolute Gasteiger partial charge is 0.449 e. The van der Waals surface area contributed by atoms with Gasteiger partial charge in [-0.3, -0.25) is 4.79 Å². The van der Waals surface area contributed by atoms with Gasteiger partial charge in [0.15, 0.2) is 5.89 Å². The van der Waals surface area contributed by atoms with Crippen molar-refractivity contribution in [1.82, 2.24) is 10.1 Å². The molecule has 0 fully saturated rings. The van der Waals surface area contributed by atoms with Crippen molar-refractivity contribution in [2.45, 2.75) is 13.8 Å². The first kappa shape index (κ1) is 18.9. The molecule has 2 aromatic heterocycles. The number of aryl methyl sites for hydroxylation is 2. The Hall–Kier alpha value is -3.45. The van der Waals surface area contributed by atoms with E-state index >= 15 is 0 Å². The van der Waals surface area contributed by atoms with Crippen LogP contribution in [0.2, 0.25) is 5.02 Å². The molecule has 0 aliphatic heterocycles. The highest BCUT2D eigenvalue weighted by molar-refractivity contribution is 6.33. The Bertz CT molecular complexity index is 1180. The number of aromatic nitrogens is 2. The number of carbonyl (C=O) groups excluding carboxylic acids is 1. The lowest BCUT2D eigenvalue weighted by atomic mass is 10.0. The third-order valence-electron chi connectivity index (χ3n) is 4.35. The Labute approximate surface area is 170 Å². The van der Waals surface area contributed by atoms with Crippen LogP contribution in [0.5, 0.6) is 0 Å². The number of amides is 1. The van der Waals surface area contributed by atoms with Gasteiger partial charge < -0.3 is 14.3 Å². The molecule has 0 saturated heterocycles. The number of halogens is 2. The van der Waals surface area contributed by atoms with Gasteiger partial charge in [-0.25, -0.2) is 9.37 Å². The second-order valence-corrected chi connectivity index (χ2v) is 6.75. The highest BCUT2D eigenvalue weighted by atomic mass is 35.5. The average molecular weight is 412 g/mol. The van der Waals surface area contributed by atoms with E-state index in [0.29, 0.717) is 17.3 Å². The Kier molecular flexibility index (Phi) is 4.90. The van der Waals surface area contributed by atoms with Crippen LogP contribution < -0.4 is 5.32 Å². The lowest BCUT2D eigenvalue weighted by Gasteiger charge is -2.08. The minimum Gasteiger partial charge on any atom is -0.449 e. The number of nitrogens with zero attached hydrogens (tertiary/aromatic N) is 2. The van der Waals surface area contributed by atoms with Crippen molar-refractivity contribution in [3.8, 4) is 22.5 Å². The summed E-state index contributed by atoms with van der Waals surface area (Å²) in [7, 11) is 0. The highest BCUT2D eigenvalue weighted by Gasteiger charge is 2.25.